The second-order valence-electron chi connectivity index (χ2n) is 2.26. The molecule has 66 valence electrons. The number of nitrogens with two attached hydrogens (primary N) is 1. The molecule has 1 aromatic heterocycles. The van der Waals surface area contributed by atoms with Crippen molar-refractivity contribution in [3.05, 3.63) is 18.5 Å². The molecule has 0 fully saturated rings. The van der Waals surface area contributed by atoms with Crippen molar-refractivity contribution in [2.75, 3.05) is 5.75 Å². The summed E-state index contributed by atoms with van der Waals surface area (Å²) in [5.74, 6) is 1.65. The van der Waals surface area contributed by atoms with Gasteiger partial charge in [-0.2, -0.15) is 0 Å². The Bertz CT molecular complexity index is 268. The van der Waals surface area contributed by atoms with Crippen LogP contribution in [0.3, 0.4) is 0 Å². The molecule has 0 aliphatic rings. The summed E-state index contributed by atoms with van der Waals surface area (Å²) in [6, 6.07) is 0. The zero-order valence-electron chi connectivity index (χ0n) is 7.03. The van der Waals surface area contributed by atoms with Gasteiger partial charge >= 0.3 is 0 Å². The van der Waals surface area contributed by atoms with Gasteiger partial charge < -0.3 is 10.3 Å². The first-order valence-corrected chi connectivity index (χ1v) is 4.60. The molecule has 1 rings (SSSR count). The van der Waals surface area contributed by atoms with Crippen molar-refractivity contribution in [1.29, 1.82) is 0 Å². The van der Waals surface area contributed by atoms with Gasteiger partial charge in [0.2, 0.25) is 0 Å². The summed E-state index contributed by atoms with van der Waals surface area (Å²) >= 11 is 1.60. The zero-order chi connectivity index (χ0) is 8.97. The standard InChI is InChI=1S/C7H12N4S/c1-3-4-12-7-10-9-6(5-8)11(7)2/h3H,1,4-5,8H2,2H3. The molecule has 1 heterocycles. The molecule has 1 aromatic rings. The summed E-state index contributed by atoms with van der Waals surface area (Å²) in [4.78, 5) is 0. The summed E-state index contributed by atoms with van der Waals surface area (Å²) in [5, 5.41) is 8.78. The van der Waals surface area contributed by atoms with Gasteiger partial charge in [-0.15, -0.1) is 16.8 Å². The Labute approximate surface area is 75.9 Å². The van der Waals surface area contributed by atoms with Crippen molar-refractivity contribution >= 4 is 11.8 Å². The van der Waals surface area contributed by atoms with Crippen molar-refractivity contribution in [2.45, 2.75) is 11.7 Å². The van der Waals surface area contributed by atoms with E-state index in [1.165, 1.54) is 0 Å². The van der Waals surface area contributed by atoms with E-state index in [2.05, 4.69) is 16.8 Å². The van der Waals surface area contributed by atoms with Gasteiger partial charge in [0.15, 0.2) is 5.16 Å². The lowest BCUT2D eigenvalue weighted by Gasteiger charge is -1.98. The molecule has 0 aromatic carbocycles. The molecule has 0 bridgehead atoms. The third kappa shape index (κ3) is 1.86. The maximum absolute atomic E-state index is 5.44. The summed E-state index contributed by atoms with van der Waals surface area (Å²) in [7, 11) is 1.91. The molecular formula is C7H12N4S. The molecule has 2 N–H and O–H groups in total. The van der Waals surface area contributed by atoms with Crippen LogP contribution in [0.5, 0.6) is 0 Å². The normalized spacial score (nSPS) is 10.2. The molecule has 0 radical (unpaired) electrons. The fourth-order valence-electron chi connectivity index (χ4n) is 0.782. The third-order valence-electron chi connectivity index (χ3n) is 1.44. The van der Waals surface area contributed by atoms with Gasteiger partial charge in [0.1, 0.15) is 5.82 Å². The Morgan fingerprint density at radius 1 is 1.67 bits per heavy atom. The number of hydrogen-bond acceptors (Lipinski definition) is 4. The molecule has 0 amide bonds. The Kier molecular flexibility index (Phi) is 3.31. The average Bonchev–Trinajstić information content (AvgIpc) is 2.43. The quantitative estimate of drug-likeness (QED) is 0.548. The molecule has 12 heavy (non-hydrogen) atoms. The first kappa shape index (κ1) is 9.28. The molecule has 0 saturated carbocycles. The fourth-order valence-corrected chi connectivity index (χ4v) is 1.45. The van der Waals surface area contributed by atoms with Crippen molar-refractivity contribution in [3.8, 4) is 0 Å². The molecule has 0 spiro atoms. The van der Waals surface area contributed by atoms with Gasteiger partial charge in [-0.05, 0) is 0 Å². The second kappa shape index (κ2) is 4.27. The van der Waals surface area contributed by atoms with Crippen LogP contribution in [0.15, 0.2) is 17.8 Å². The van der Waals surface area contributed by atoms with Gasteiger partial charge in [-0.3, -0.25) is 0 Å². The van der Waals surface area contributed by atoms with Crippen LogP contribution in [0.25, 0.3) is 0 Å². The first-order valence-electron chi connectivity index (χ1n) is 3.61. The van der Waals surface area contributed by atoms with Crippen LogP contribution >= 0.6 is 11.8 Å². The van der Waals surface area contributed by atoms with Gasteiger partial charge in [-0.25, -0.2) is 0 Å². The molecule has 0 unspecified atom stereocenters. The second-order valence-corrected chi connectivity index (χ2v) is 3.25. The lowest BCUT2D eigenvalue weighted by molar-refractivity contribution is 0.735. The largest absolute Gasteiger partial charge is 0.324 e. The van der Waals surface area contributed by atoms with Crippen LogP contribution in [0.4, 0.5) is 0 Å². The summed E-state index contributed by atoms with van der Waals surface area (Å²) in [6.07, 6.45) is 1.83. The van der Waals surface area contributed by atoms with E-state index in [1.807, 2.05) is 17.7 Å². The molecule has 0 aliphatic carbocycles. The number of nitrogens with zero attached hydrogens (tertiary/aromatic N) is 3. The van der Waals surface area contributed by atoms with Crippen LogP contribution in [0, 0.1) is 0 Å². The van der Waals surface area contributed by atoms with Crippen LogP contribution in [-0.4, -0.2) is 20.5 Å². The van der Waals surface area contributed by atoms with Crippen molar-refractivity contribution in [2.24, 2.45) is 12.8 Å². The van der Waals surface area contributed by atoms with Crippen LogP contribution in [-0.2, 0) is 13.6 Å². The molecular weight excluding hydrogens is 172 g/mol. The molecule has 0 saturated heterocycles. The van der Waals surface area contributed by atoms with E-state index >= 15 is 0 Å². The van der Waals surface area contributed by atoms with Crippen LogP contribution in [0.2, 0.25) is 0 Å². The van der Waals surface area contributed by atoms with Crippen LogP contribution < -0.4 is 5.73 Å². The minimum Gasteiger partial charge on any atom is -0.324 e. The third-order valence-corrected chi connectivity index (χ3v) is 2.45. The first-order chi connectivity index (χ1) is 5.79. The van der Waals surface area contributed by atoms with E-state index < -0.39 is 0 Å². The smallest absolute Gasteiger partial charge is 0.191 e. The van der Waals surface area contributed by atoms with E-state index in [0.717, 1.165) is 16.7 Å². The average molecular weight is 184 g/mol. The molecule has 0 atom stereocenters. The van der Waals surface area contributed by atoms with E-state index in [1.54, 1.807) is 11.8 Å². The Morgan fingerprint density at radius 2 is 2.42 bits per heavy atom. The highest BCUT2D eigenvalue weighted by atomic mass is 32.2. The van der Waals surface area contributed by atoms with E-state index in [0.29, 0.717) is 6.54 Å². The lowest BCUT2D eigenvalue weighted by Crippen LogP contribution is -2.05. The predicted molar refractivity (Wildman–Crippen MR) is 49.8 cm³/mol. The summed E-state index contributed by atoms with van der Waals surface area (Å²) in [6.45, 7) is 4.06. The fraction of sp³-hybridized carbons (Fsp3) is 0.429. The monoisotopic (exact) mass is 184 g/mol. The predicted octanol–water partition coefficient (Wildman–Crippen LogP) is 0.552. The van der Waals surface area contributed by atoms with Gasteiger partial charge in [0.25, 0.3) is 0 Å². The van der Waals surface area contributed by atoms with Crippen LogP contribution in [0.1, 0.15) is 5.82 Å². The lowest BCUT2D eigenvalue weighted by atomic mass is 10.6. The Morgan fingerprint density at radius 3 is 2.92 bits per heavy atom. The van der Waals surface area contributed by atoms with E-state index in [-0.39, 0.29) is 0 Å². The molecule has 0 aliphatic heterocycles. The SMILES string of the molecule is C=CCSc1nnc(CN)n1C. The summed E-state index contributed by atoms with van der Waals surface area (Å²) < 4.78 is 1.90. The highest BCUT2D eigenvalue weighted by Crippen LogP contribution is 2.14. The topological polar surface area (TPSA) is 56.7 Å². The highest BCUT2D eigenvalue weighted by Gasteiger charge is 2.05. The number of rotatable bonds is 4. The van der Waals surface area contributed by atoms with E-state index in [9.17, 15) is 0 Å². The van der Waals surface area contributed by atoms with Gasteiger partial charge in [-0.1, -0.05) is 17.8 Å². The Balaban J connectivity index is 2.72. The van der Waals surface area contributed by atoms with Crippen molar-refractivity contribution < 1.29 is 0 Å². The highest BCUT2D eigenvalue weighted by molar-refractivity contribution is 7.99. The zero-order valence-corrected chi connectivity index (χ0v) is 7.84. The minimum absolute atomic E-state index is 0.429. The maximum atomic E-state index is 5.44. The summed E-state index contributed by atoms with van der Waals surface area (Å²) in [5.41, 5.74) is 5.44. The molecule has 4 nitrogen and oxygen atoms in total. The van der Waals surface area contributed by atoms with Gasteiger partial charge in [0, 0.05) is 12.8 Å². The van der Waals surface area contributed by atoms with E-state index in [4.69, 9.17) is 5.73 Å². The maximum Gasteiger partial charge on any atom is 0.191 e. The Hall–Kier alpha value is -0.810. The molecule has 5 heteroatoms. The van der Waals surface area contributed by atoms with Gasteiger partial charge in [0.05, 0.1) is 6.54 Å². The van der Waals surface area contributed by atoms with Crippen molar-refractivity contribution in [1.82, 2.24) is 14.8 Å². The number of aromatic nitrogens is 3. The minimum atomic E-state index is 0.429. The van der Waals surface area contributed by atoms with Crippen molar-refractivity contribution in [3.63, 3.8) is 0 Å². The number of thioether (sulfide) groups is 1. The number of hydrogen-bond donors (Lipinski definition) is 1.